The van der Waals surface area contributed by atoms with Gasteiger partial charge < -0.3 is 5.32 Å². The van der Waals surface area contributed by atoms with Crippen LogP contribution in [0.15, 0.2) is 83.9 Å². The molecule has 1 N–H and O–H groups in total. The average molecular weight is 307 g/mol. The van der Waals surface area contributed by atoms with Gasteiger partial charge in [-0.05, 0) is 37.1 Å². The molecule has 0 aliphatic carbocycles. The fourth-order valence-corrected chi connectivity index (χ4v) is 2.41. The van der Waals surface area contributed by atoms with Crippen LogP contribution in [0.25, 0.3) is 0 Å². The molecule has 0 fully saturated rings. The summed E-state index contributed by atoms with van der Waals surface area (Å²) in [4.78, 5) is 4.87. The Kier molecular flexibility index (Phi) is 6.43. The molecule has 0 aliphatic rings. The Bertz CT molecular complexity index is 826. The number of nitrogens with zero attached hydrogens (tertiary/aromatic N) is 1. The van der Waals surface area contributed by atoms with Crippen molar-refractivity contribution >= 4 is 36.1 Å². The van der Waals surface area contributed by atoms with Gasteiger partial charge in [0.1, 0.15) is 5.84 Å². The third-order valence-corrected chi connectivity index (χ3v) is 3.79. The van der Waals surface area contributed by atoms with E-state index in [0.717, 1.165) is 28.3 Å². The Morgan fingerprint density at radius 2 is 1.29 bits per heavy atom. The van der Waals surface area contributed by atoms with E-state index in [2.05, 4.69) is 49.5 Å². The first-order chi connectivity index (χ1) is 11.2. The zero-order valence-corrected chi connectivity index (χ0v) is 14.5. The summed E-state index contributed by atoms with van der Waals surface area (Å²) in [5.41, 5.74) is 5.48. The smallest absolute Gasteiger partial charge is 0.138 e. The van der Waals surface area contributed by atoms with Crippen LogP contribution in [0.3, 0.4) is 0 Å². The molecule has 1 radical (unpaired) electrons. The van der Waals surface area contributed by atoms with Gasteiger partial charge in [-0.25, -0.2) is 4.99 Å². The first-order valence-electron chi connectivity index (χ1n) is 7.76. The van der Waals surface area contributed by atoms with Crippen molar-refractivity contribution in [2.75, 3.05) is 5.32 Å². The molecule has 3 aromatic carbocycles. The normalized spacial score (nSPS) is 10.8. The minimum Gasteiger partial charge on any atom is -0.339 e. The van der Waals surface area contributed by atoms with Crippen LogP contribution in [0.1, 0.15) is 16.7 Å². The number of hydrogen-bond donors (Lipinski definition) is 1. The van der Waals surface area contributed by atoms with Gasteiger partial charge in [-0.1, -0.05) is 66.7 Å². The molecule has 0 bridgehead atoms. The molecule has 0 aliphatic heterocycles. The number of anilines is 1. The van der Waals surface area contributed by atoms with Crippen LogP contribution in [0, 0.1) is 13.8 Å². The average Bonchev–Trinajstić information content (AvgIpc) is 2.59. The van der Waals surface area contributed by atoms with Crippen LogP contribution < -0.4 is 5.32 Å². The predicted octanol–water partition coefficient (Wildman–Crippen LogP) is 5.11. The van der Waals surface area contributed by atoms with E-state index in [-0.39, 0.29) is 18.9 Å². The van der Waals surface area contributed by atoms with E-state index in [1.54, 1.807) is 0 Å². The summed E-state index contributed by atoms with van der Waals surface area (Å²) < 4.78 is 0. The monoisotopic (exact) mass is 307 g/mol. The molecule has 3 aromatic rings. The number of benzene rings is 3. The van der Waals surface area contributed by atoms with Crippen molar-refractivity contribution in [3.8, 4) is 0 Å². The number of aliphatic imine (C=N–C) groups is 1. The fourth-order valence-electron chi connectivity index (χ4n) is 2.41. The Hall–Kier alpha value is -2.27. The van der Waals surface area contributed by atoms with Gasteiger partial charge in [0.05, 0.1) is 5.69 Å². The summed E-state index contributed by atoms with van der Waals surface area (Å²) in [6, 6.07) is 26.6. The molecule has 0 aromatic heterocycles. The van der Waals surface area contributed by atoms with Gasteiger partial charge in [0.15, 0.2) is 0 Å². The molecule has 3 heteroatoms. The molecule has 0 saturated heterocycles. The minimum absolute atomic E-state index is 0. The summed E-state index contributed by atoms with van der Waals surface area (Å²) in [7, 11) is 0. The number of para-hydroxylation sites is 2. The fraction of sp³-hybridized carbons (Fsp3) is 0.0952. The first-order valence-corrected chi connectivity index (χ1v) is 7.76. The first kappa shape index (κ1) is 18.1. The van der Waals surface area contributed by atoms with Gasteiger partial charge in [-0.15, -0.1) is 0 Å². The summed E-state index contributed by atoms with van der Waals surface area (Å²) in [5, 5.41) is 3.49. The van der Waals surface area contributed by atoms with Crippen molar-refractivity contribution in [2.24, 2.45) is 4.99 Å². The largest absolute Gasteiger partial charge is 0.339 e. The van der Waals surface area contributed by atoms with E-state index >= 15 is 0 Å². The van der Waals surface area contributed by atoms with Crippen molar-refractivity contribution in [2.45, 2.75) is 13.8 Å². The molecule has 0 atom stereocenters. The van der Waals surface area contributed by atoms with Crippen LogP contribution in [-0.2, 0) is 0 Å². The number of amidine groups is 1. The van der Waals surface area contributed by atoms with Gasteiger partial charge in [0.2, 0.25) is 0 Å². The number of aryl methyl sites for hydroxylation is 2. The molecular weight excluding hydrogens is 287 g/mol. The van der Waals surface area contributed by atoms with Crippen molar-refractivity contribution in [1.29, 1.82) is 0 Å². The van der Waals surface area contributed by atoms with Gasteiger partial charge in [0.25, 0.3) is 0 Å². The molecule has 0 unspecified atom stereocenters. The van der Waals surface area contributed by atoms with Crippen LogP contribution in [0.2, 0.25) is 0 Å². The number of hydrogen-bond acceptors (Lipinski definition) is 1. The topological polar surface area (TPSA) is 24.4 Å². The molecule has 115 valence electrons. The van der Waals surface area contributed by atoms with Crippen LogP contribution in [-0.4, -0.2) is 24.7 Å². The van der Waals surface area contributed by atoms with E-state index in [1.165, 1.54) is 5.56 Å². The molecule has 0 amide bonds. The molecule has 2 nitrogen and oxygen atoms in total. The van der Waals surface area contributed by atoms with E-state index < -0.39 is 0 Å². The standard InChI is InChI=1S/C21H20N2.Li/c1-16-10-6-8-14-19(16)22-21(18-12-4-3-5-13-18)23-20-15-9-7-11-17(20)2;/h3-15H,1-2H3,(H,22,23);. The van der Waals surface area contributed by atoms with Gasteiger partial charge >= 0.3 is 0 Å². The van der Waals surface area contributed by atoms with Crippen molar-refractivity contribution in [1.82, 2.24) is 0 Å². The molecule has 3 rings (SSSR count). The van der Waals surface area contributed by atoms with Crippen molar-refractivity contribution in [3.05, 3.63) is 95.6 Å². The molecule has 0 heterocycles. The second-order valence-electron chi connectivity index (χ2n) is 5.55. The third-order valence-electron chi connectivity index (χ3n) is 3.79. The van der Waals surface area contributed by atoms with E-state index in [9.17, 15) is 0 Å². The van der Waals surface area contributed by atoms with Gasteiger partial charge in [-0.3, -0.25) is 0 Å². The summed E-state index contributed by atoms with van der Waals surface area (Å²) in [6.45, 7) is 4.17. The Balaban J connectivity index is 0.00000208. The maximum atomic E-state index is 4.87. The van der Waals surface area contributed by atoms with Gasteiger partial charge in [0, 0.05) is 30.1 Å². The molecule has 0 spiro atoms. The molecular formula is C21H20LiN2. The third kappa shape index (κ3) is 4.38. The Morgan fingerprint density at radius 3 is 1.96 bits per heavy atom. The number of rotatable bonds is 3. The van der Waals surface area contributed by atoms with Crippen molar-refractivity contribution in [3.63, 3.8) is 0 Å². The second kappa shape index (κ2) is 8.54. The SMILES string of the molecule is Cc1ccccc1N=C(Nc1ccccc1C)c1ccccc1.[Li]. The molecule has 0 saturated carbocycles. The zero-order valence-electron chi connectivity index (χ0n) is 14.5. The van der Waals surface area contributed by atoms with Crippen LogP contribution in [0.5, 0.6) is 0 Å². The maximum Gasteiger partial charge on any atom is 0.138 e. The van der Waals surface area contributed by atoms with Crippen LogP contribution >= 0.6 is 0 Å². The minimum atomic E-state index is 0. The quantitative estimate of drug-likeness (QED) is 0.406. The van der Waals surface area contributed by atoms with E-state index in [0.29, 0.717) is 0 Å². The Morgan fingerprint density at radius 1 is 0.708 bits per heavy atom. The number of nitrogens with one attached hydrogen (secondary N) is 1. The maximum absolute atomic E-state index is 4.87. The summed E-state index contributed by atoms with van der Waals surface area (Å²) in [6.07, 6.45) is 0. The summed E-state index contributed by atoms with van der Waals surface area (Å²) >= 11 is 0. The van der Waals surface area contributed by atoms with Crippen molar-refractivity contribution < 1.29 is 0 Å². The zero-order chi connectivity index (χ0) is 16.1. The van der Waals surface area contributed by atoms with Gasteiger partial charge in [-0.2, -0.15) is 0 Å². The van der Waals surface area contributed by atoms with E-state index in [1.807, 2.05) is 48.5 Å². The summed E-state index contributed by atoms with van der Waals surface area (Å²) in [5.74, 6) is 0.856. The van der Waals surface area contributed by atoms with E-state index in [4.69, 9.17) is 4.99 Å². The van der Waals surface area contributed by atoms with Crippen LogP contribution in [0.4, 0.5) is 11.4 Å². The predicted molar refractivity (Wildman–Crippen MR) is 104 cm³/mol. The second-order valence-corrected chi connectivity index (χ2v) is 5.55. The molecule has 24 heavy (non-hydrogen) atoms. The Labute approximate surface area is 155 Å².